The number of piperazine rings is 1. The Bertz CT molecular complexity index is 364. The normalized spacial score (nSPS) is 17.9. The number of nitrogens with zero attached hydrogens (tertiary/aromatic N) is 2. The molecule has 0 amide bonds. The number of anilines is 1. The minimum atomic E-state index is 0.844. The molecule has 0 aliphatic carbocycles. The highest BCUT2D eigenvalue weighted by Gasteiger charge is 2.18. The van der Waals surface area contributed by atoms with Crippen molar-refractivity contribution in [3.05, 3.63) is 27.2 Å². The van der Waals surface area contributed by atoms with E-state index in [0.29, 0.717) is 0 Å². The lowest BCUT2D eigenvalue weighted by molar-refractivity contribution is 0.312. The highest BCUT2D eigenvalue weighted by Crippen LogP contribution is 2.33. The number of benzene rings is 1. The van der Waals surface area contributed by atoms with Crippen LogP contribution in [0.1, 0.15) is 5.56 Å². The van der Waals surface area contributed by atoms with Crippen LogP contribution in [0, 0.1) is 6.92 Å². The number of hydrogen-bond acceptors (Lipinski definition) is 2. The van der Waals surface area contributed by atoms with Gasteiger partial charge in [-0.05, 0) is 31.7 Å². The van der Waals surface area contributed by atoms with E-state index in [9.17, 15) is 0 Å². The summed E-state index contributed by atoms with van der Waals surface area (Å²) in [6, 6.07) is 4.10. The predicted molar refractivity (Wildman–Crippen MR) is 73.6 cm³/mol. The lowest BCUT2D eigenvalue weighted by Crippen LogP contribution is -2.44. The number of halogens is 2. The van der Waals surface area contributed by atoms with Crippen LogP contribution in [0.3, 0.4) is 0 Å². The van der Waals surface area contributed by atoms with Crippen LogP contribution in [0.2, 0.25) is 5.02 Å². The average Bonchev–Trinajstić information content (AvgIpc) is 2.19. The summed E-state index contributed by atoms with van der Waals surface area (Å²) in [7, 11) is 2.16. The van der Waals surface area contributed by atoms with E-state index < -0.39 is 0 Å². The lowest BCUT2D eigenvalue weighted by atomic mass is 10.1. The van der Waals surface area contributed by atoms with Crippen molar-refractivity contribution in [2.24, 2.45) is 0 Å². The minimum absolute atomic E-state index is 0.844. The first-order chi connectivity index (χ1) is 7.58. The monoisotopic (exact) mass is 302 g/mol. The molecule has 16 heavy (non-hydrogen) atoms. The van der Waals surface area contributed by atoms with Gasteiger partial charge in [-0.1, -0.05) is 27.5 Å². The van der Waals surface area contributed by atoms with E-state index >= 15 is 0 Å². The molecule has 4 heteroatoms. The number of hydrogen-bond donors (Lipinski definition) is 0. The Hall–Kier alpha value is -0.250. The molecule has 0 aromatic heterocycles. The molecule has 2 rings (SSSR count). The van der Waals surface area contributed by atoms with Crippen LogP contribution in [0.5, 0.6) is 0 Å². The Morgan fingerprint density at radius 1 is 1.19 bits per heavy atom. The van der Waals surface area contributed by atoms with E-state index in [-0.39, 0.29) is 0 Å². The zero-order valence-electron chi connectivity index (χ0n) is 9.63. The van der Waals surface area contributed by atoms with Gasteiger partial charge in [-0.15, -0.1) is 0 Å². The second-order valence-electron chi connectivity index (χ2n) is 4.34. The number of rotatable bonds is 1. The van der Waals surface area contributed by atoms with Gasteiger partial charge in [-0.2, -0.15) is 0 Å². The molecule has 1 fully saturated rings. The van der Waals surface area contributed by atoms with Crippen molar-refractivity contribution in [1.82, 2.24) is 4.90 Å². The third-order valence-corrected chi connectivity index (χ3v) is 3.78. The van der Waals surface area contributed by atoms with Gasteiger partial charge in [0, 0.05) is 30.7 Å². The second kappa shape index (κ2) is 4.94. The molecule has 0 atom stereocenters. The summed E-state index contributed by atoms with van der Waals surface area (Å²) in [5, 5.41) is 0.844. The van der Waals surface area contributed by atoms with E-state index in [2.05, 4.69) is 45.8 Å². The molecule has 0 unspecified atom stereocenters. The van der Waals surface area contributed by atoms with Crippen LogP contribution in [-0.2, 0) is 0 Å². The van der Waals surface area contributed by atoms with Crippen LogP contribution < -0.4 is 4.90 Å². The van der Waals surface area contributed by atoms with Crippen LogP contribution in [-0.4, -0.2) is 38.1 Å². The lowest BCUT2D eigenvalue weighted by Gasteiger charge is -2.35. The van der Waals surface area contributed by atoms with Gasteiger partial charge in [0.1, 0.15) is 0 Å². The first kappa shape index (κ1) is 12.2. The van der Waals surface area contributed by atoms with E-state index in [1.54, 1.807) is 0 Å². The summed E-state index contributed by atoms with van der Waals surface area (Å²) in [6.45, 7) is 6.43. The van der Waals surface area contributed by atoms with Crippen molar-refractivity contribution in [3.8, 4) is 0 Å². The van der Waals surface area contributed by atoms with E-state index in [1.165, 1.54) is 11.3 Å². The Morgan fingerprint density at radius 2 is 1.81 bits per heavy atom. The first-order valence-electron chi connectivity index (χ1n) is 5.47. The third-order valence-electron chi connectivity index (χ3n) is 3.04. The Morgan fingerprint density at radius 3 is 2.38 bits per heavy atom. The van der Waals surface area contributed by atoms with Gasteiger partial charge >= 0.3 is 0 Å². The SMILES string of the molecule is Cc1cc(Br)cc(Cl)c1N1CCN(C)CC1. The summed E-state index contributed by atoms with van der Waals surface area (Å²) in [6.07, 6.45) is 0. The Kier molecular flexibility index (Phi) is 3.77. The fourth-order valence-corrected chi connectivity index (χ4v) is 3.22. The molecule has 1 aliphatic rings. The van der Waals surface area contributed by atoms with Crippen LogP contribution >= 0.6 is 27.5 Å². The predicted octanol–water partition coefficient (Wildman–Crippen LogP) is 3.16. The molecule has 88 valence electrons. The smallest absolute Gasteiger partial charge is 0.0653 e. The molecule has 0 N–H and O–H groups in total. The summed E-state index contributed by atoms with van der Waals surface area (Å²) in [5.41, 5.74) is 2.43. The molecule has 0 bridgehead atoms. The molecule has 1 aliphatic heterocycles. The molecule has 1 aromatic carbocycles. The van der Waals surface area contributed by atoms with Crippen molar-refractivity contribution in [1.29, 1.82) is 0 Å². The topological polar surface area (TPSA) is 6.48 Å². The largest absolute Gasteiger partial charge is 0.368 e. The van der Waals surface area contributed by atoms with Crippen molar-refractivity contribution < 1.29 is 0 Å². The fourth-order valence-electron chi connectivity index (χ4n) is 2.13. The standard InChI is InChI=1S/C12H16BrClN2/c1-9-7-10(13)8-11(14)12(9)16-5-3-15(2)4-6-16/h7-8H,3-6H2,1-2H3. The summed E-state index contributed by atoms with van der Waals surface area (Å²) in [5.74, 6) is 0. The molecule has 1 saturated heterocycles. The second-order valence-corrected chi connectivity index (χ2v) is 5.67. The highest BCUT2D eigenvalue weighted by atomic mass is 79.9. The zero-order chi connectivity index (χ0) is 11.7. The maximum atomic E-state index is 6.32. The van der Waals surface area contributed by atoms with Gasteiger partial charge in [0.25, 0.3) is 0 Å². The molecule has 0 spiro atoms. The number of likely N-dealkylation sites (N-methyl/N-ethyl adjacent to an activating group) is 1. The van der Waals surface area contributed by atoms with Crippen LogP contribution in [0.25, 0.3) is 0 Å². The summed E-state index contributed by atoms with van der Waals surface area (Å²) in [4.78, 5) is 4.72. The average molecular weight is 304 g/mol. The van der Waals surface area contributed by atoms with Gasteiger partial charge in [0.05, 0.1) is 10.7 Å². The van der Waals surface area contributed by atoms with Crippen molar-refractivity contribution in [2.45, 2.75) is 6.92 Å². The molecule has 0 radical (unpaired) electrons. The quantitative estimate of drug-likeness (QED) is 0.786. The van der Waals surface area contributed by atoms with Gasteiger partial charge in [0.2, 0.25) is 0 Å². The fraction of sp³-hybridized carbons (Fsp3) is 0.500. The maximum Gasteiger partial charge on any atom is 0.0653 e. The van der Waals surface area contributed by atoms with Gasteiger partial charge in [0.15, 0.2) is 0 Å². The van der Waals surface area contributed by atoms with Crippen molar-refractivity contribution in [3.63, 3.8) is 0 Å². The zero-order valence-corrected chi connectivity index (χ0v) is 12.0. The van der Waals surface area contributed by atoms with Gasteiger partial charge in [-0.25, -0.2) is 0 Å². The first-order valence-corrected chi connectivity index (χ1v) is 6.64. The minimum Gasteiger partial charge on any atom is -0.368 e. The highest BCUT2D eigenvalue weighted by molar-refractivity contribution is 9.10. The van der Waals surface area contributed by atoms with Crippen LogP contribution in [0.4, 0.5) is 5.69 Å². The van der Waals surface area contributed by atoms with E-state index in [4.69, 9.17) is 11.6 Å². The Labute approximate surface area is 110 Å². The Balaban J connectivity index is 2.26. The van der Waals surface area contributed by atoms with Crippen LogP contribution in [0.15, 0.2) is 16.6 Å². The van der Waals surface area contributed by atoms with Gasteiger partial charge < -0.3 is 9.80 Å². The van der Waals surface area contributed by atoms with E-state index in [0.717, 1.165) is 35.7 Å². The molecule has 1 aromatic rings. The van der Waals surface area contributed by atoms with Gasteiger partial charge in [-0.3, -0.25) is 0 Å². The molecular weight excluding hydrogens is 288 g/mol. The maximum absolute atomic E-state index is 6.32. The summed E-state index contributed by atoms with van der Waals surface area (Å²) >= 11 is 9.79. The summed E-state index contributed by atoms with van der Waals surface area (Å²) < 4.78 is 1.05. The molecular formula is C12H16BrClN2. The molecule has 2 nitrogen and oxygen atoms in total. The molecule has 1 heterocycles. The third kappa shape index (κ3) is 2.53. The van der Waals surface area contributed by atoms with Crippen molar-refractivity contribution >= 4 is 33.2 Å². The van der Waals surface area contributed by atoms with Crippen molar-refractivity contribution in [2.75, 3.05) is 38.1 Å². The number of aryl methyl sites for hydroxylation is 1. The van der Waals surface area contributed by atoms with E-state index in [1.807, 2.05) is 6.07 Å². The molecule has 0 saturated carbocycles.